The molecule has 0 atom stereocenters. The van der Waals surface area contributed by atoms with Gasteiger partial charge in [-0.15, -0.1) is 0 Å². The highest BCUT2D eigenvalue weighted by molar-refractivity contribution is 7.58. The van der Waals surface area contributed by atoms with Crippen LogP contribution in [0.3, 0.4) is 0 Å². The highest BCUT2D eigenvalue weighted by Crippen LogP contribution is 2.56. The zero-order valence-corrected chi connectivity index (χ0v) is 10.8. The lowest BCUT2D eigenvalue weighted by Gasteiger charge is -2.17. The van der Waals surface area contributed by atoms with Crippen molar-refractivity contribution < 1.29 is 18.7 Å². The first-order valence-electron chi connectivity index (χ1n) is 5.21. The van der Waals surface area contributed by atoms with Gasteiger partial charge in [0.1, 0.15) is 11.8 Å². The van der Waals surface area contributed by atoms with Crippen LogP contribution in [0, 0.1) is 11.3 Å². The van der Waals surface area contributed by atoms with E-state index in [9.17, 15) is 9.67 Å². The Morgan fingerprint density at radius 1 is 1.31 bits per heavy atom. The van der Waals surface area contributed by atoms with Gasteiger partial charge in [-0.1, -0.05) is 13.8 Å². The van der Waals surface area contributed by atoms with Crippen LogP contribution < -0.4 is 0 Å². The third-order valence-corrected chi connectivity index (χ3v) is 3.67. The van der Waals surface area contributed by atoms with Crippen molar-refractivity contribution in [2.75, 3.05) is 13.2 Å². The molecule has 5 nitrogen and oxygen atoms in total. The number of rotatable bonds is 7. The molecule has 0 aliphatic heterocycles. The Morgan fingerprint density at radius 2 is 1.75 bits per heavy atom. The molecule has 92 valence electrons. The summed E-state index contributed by atoms with van der Waals surface area (Å²) in [5, 5.41) is 17.8. The van der Waals surface area contributed by atoms with Gasteiger partial charge in [0.15, 0.2) is 5.31 Å². The topological polar surface area (TPSA) is 79.5 Å². The van der Waals surface area contributed by atoms with Crippen LogP contribution in [0.4, 0.5) is 0 Å². The Hall–Kier alpha value is -0.820. The second-order valence-electron chi connectivity index (χ2n) is 3.21. The van der Waals surface area contributed by atoms with Gasteiger partial charge in [-0.05, 0) is 19.8 Å². The molecule has 0 aromatic rings. The molecule has 1 N–H and O–H groups in total. The van der Waals surface area contributed by atoms with Crippen LogP contribution in [0.2, 0.25) is 0 Å². The fraction of sp³-hybridized carbons (Fsp3) is 0.700. The lowest BCUT2D eigenvalue weighted by atomic mass is 10.5. The van der Waals surface area contributed by atoms with E-state index in [1.165, 1.54) is 6.92 Å². The van der Waals surface area contributed by atoms with Crippen molar-refractivity contribution in [1.82, 2.24) is 0 Å². The van der Waals surface area contributed by atoms with Gasteiger partial charge in [0.05, 0.1) is 13.2 Å². The smallest absolute Gasteiger partial charge is 0.375 e. The quantitative estimate of drug-likeness (QED) is 0.424. The van der Waals surface area contributed by atoms with Crippen molar-refractivity contribution in [2.45, 2.75) is 33.6 Å². The van der Waals surface area contributed by atoms with Crippen molar-refractivity contribution in [3.63, 3.8) is 0 Å². The molecule has 16 heavy (non-hydrogen) atoms. The largest absolute Gasteiger partial charge is 0.511 e. The molecule has 0 saturated heterocycles. The SMILES string of the molecule is CCCOP(=O)(OCCC)C(C#N)=C(C)O. The Labute approximate surface area is 96.2 Å². The molecule has 0 aromatic heterocycles. The van der Waals surface area contributed by atoms with E-state index in [0.29, 0.717) is 12.8 Å². The molecule has 0 amide bonds. The molecule has 0 radical (unpaired) electrons. The number of aliphatic hydroxyl groups excluding tert-OH is 1. The average molecular weight is 247 g/mol. The van der Waals surface area contributed by atoms with Crippen LogP contribution in [0.15, 0.2) is 11.1 Å². The van der Waals surface area contributed by atoms with E-state index in [2.05, 4.69) is 0 Å². The van der Waals surface area contributed by atoms with Crippen LogP contribution >= 0.6 is 7.60 Å². The zero-order chi connectivity index (χ0) is 12.6. The van der Waals surface area contributed by atoms with Crippen molar-refractivity contribution >= 4 is 7.60 Å². The molecular weight excluding hydrogens is 229 g/mol. The van der Waals surface area contributed by atoms with E-state index in [-0.39, 0.29) is 24.3 Å². The Morgan fingerprint density at radius 3 is 2.00 bits per heavy atom. The van der Waals surface area contributed by atoms with Gasteiger partial charge in [-0.2, -0.15) is 5.26 Å². The van der Waals surface area contributed by atoms with Gasteiger partial charge < -0.3 is 14.2 Å². The van der Waals surface area contributed by atoms with Crippen LogP contribution in [0.5, 0.6) is 0 Å². The van der Waals surface area contributed by atoms with E-state index in [1.807, 2.05) is 13.8 Å². The highest BCUT2D eigenvalue weighted by Gasteiger charge is 2.32. The van der Waals surface area contributed by atoms with Crippen molar-refractivity contribution in [3.05, 3.63) is 11.1 Å². The summed E-state index contributed by atoms with van der Waals surface area (Å²) >= 11 is 0. The summed E-state index contributed by atoms with van der Waals surface area (Å²) in [5.41, 5.74) is 0. The minimum Gasteiger partial charge on any atom is -0.511 e. The maximum atomic E-state index is 12.2. The Bertz CT molecular complexity index is 316. The van der Waals surface area contributed by atoms with Gasteiger partial charge in [0.25, 0.3) is 0 Å². The molecule has 0 spiro atoms. The predicted octanol–water partition coefficient (Wildman–Crippen LogP) is 3.35. The summed E-state index contributed by atoms with van der Waals surface area (Å²) in [5.74, 6) is -0.321. The van der Waals surface area contributed by atoms with Gasteiger partial charge >= 0.3 is 7.60 Å². The molecule has 0 saturated carbocycles. The first kappa shape index (κ1) is 15.2. The van der Waals surface area contributed by atoms with Crippen molar-refractivity contribution in [3.8, 4) is 6.07 Å². The monoisotopic (exact) mass is 247 g/mol. The van der Waals surface area contributed by atoms with E-state index in [4.69, 9.17) is 14.3 Å². The normalized spacial score (nSPS) is 13.1. The average Bonchev–Trinajstić information content (AvgIpc) is 2.24. The van der Waals surface area contributed by atoms with Crippen molar-refractivity contribution in [1.29, 1.82) is 5.26 Å². The van der Waals surface area contributed by atoms with Crippen LogP contribution in [0.25, 0.3) is 0 Å². The summed E-state index contributed by atoms with van der Waals surface area (Å²) in [4.78, 5) is 0. The third-order valence-electron chi connectivity index (χ3n) is 1.65. The molecule has 0 rings (SSSR count). The summed E-state index contributed by atoms with van der Waals surface area (Å²) in [6.07, 6.45) is 1.31. The number of hydrogen-bond acceptors (Lipinski definition) is 5. The number of hydrogen-bond donors (Lipinski definition) is 1. The molecule has 0 aliphatic carbocycles. The number of aliphatic hydroxyl groups is 1. The first-order chi connectivity index (χ1) is 7.51. The minimum atomic E-state index is -3.65. The standard InChI is InChI=1S/C10H18NO4P/c1-4-6-14-16(13,15-7-5-2)10(8-11)9(3)12/h12H,4-7H2,1-3H3. The number of allylic oxidation sites excluding steroid dienone is 2. The maximum absolute atomic E-state index is 12.2. The van der Waals surface area contributed by atoms with Crippen LogP contribution in [-0.2, 0) is 13.6 Å². The Kier molecular flexibility index (Phi) is 7.07. The summed E-state index contributed by atoms with van der Waals surface area (Å²) in [7, 11) is -3.65. The van der Waals surface area contributed by atoms with E-state index >= 15 is 0 Å². The van der Waals surface area contributed by atoms with Crippen LogP contribution in [0.1, 0.15) is 33.6 Å². The van der Waals surface area contributed by atoms with Gasteiger partial charge in [-0.3, -0.25) is 4.57 Å². The van der Waals surface area contributed by atoms with Crippen LogP contribution in [-0.4, -0.2) is 18.3 Å². The van der Waals surface area contributed by atoms with E-state index < -0.39 is 7.60 Å². The lowest BCUT2D eigenvalue weighted by Crippen LogP contribution is -2.01. The molecule has 0 heterocycles. The van der Waals surface area contributed by atoms with Gasteiger partial charge in [0.2, 0.25) is 0 Å². The molecule has 0 fully saturated rings. The summed E-state index contributed by atoms with van der Waals surface area (Å²) in [6.45, 7) is 5.44. The Balaban J connectivity index is 4.99. The van der Waals surface area contributed by atoms with E-state index in [0.717, 1.165) is 0 Å². The predicted molar refractivity (Wildman–Crippen MR) is 61.0 cm³/mol. The molecule has 6 heteroatoms. The molecule has 0 aromatic carbocycles. The second kappa shape index (κ2) is 7.45. The fourth-order valence-corrected chi connectivity index (χ4v) is 2.63. The highest BCUT2D eigenvalue weighted by atomic mass is 31.2. The third kappa shape index (κ3) is 4.36. The van der Waals surface area contributed by atoms with E-state index in [1.54, 1.807) is 6.07 Å². The molecular formula is C10H18NO4P. The molecule has 0 bridgehead atoms. The van der Waals surface area contributed by atoms with Crippen molar-refractivity contribution in [2.24, 2.45) is 0 Å². The molecule has 0 unspecified atom stereocenters. The minimum absolute atomic E-state index is 0.222. The summed E-state index contributed by atoms with van der Waals surface area (Å²) < 4.78 is 22.4. The van der Waals surface area contributed by atoms with Gasteiger partial charge in [0, 0.05) is 0 Å². The number of nitrogens with zero attached hydrogens (tertiary/aromatic N) is 1. The molecule has 0 aliphatic rings. The lowest BCUT2D eigenvalue weighted by molar-refractivity contribution is 0.210. The first-order valence-corrected chi connectivity index (χ1v) is 6.75. The van der Waals surface area contributed by atoms with Gasteiger partial charge in [-0.25, -0.2) is 0 Å². The fourth-order valence-electron chi connectivity index (χ4n) is 0.930. The summed E-state index contributed by atoms with van der Waals surface area (Å²) in [6, 6.07) is 1.68. The zero-order valence-electron chi connectivity index (χ0n) is 9.89. The maximum Gasteiger partial charge on any atom is 0.375 e. The number of nitriles is 1. The second-order valence-corrected chi connectivity index (χ2v) is 5.17.